The summed E-state index contributed by atoms with van der Waals surface area (Å²) in [5, 5.41) is 9.53. The predicted molar refractivity (Wildman–Crippen MR) is 158 cm³/mol. The van der Waals surface area contributed by atoms with Gasteiger partial charge in [0.25, 0.3) is 0 Å². The van der Waals surface area contributed by atoms with E-state index >= 15 is 0 Å². The molecule has 4 nitrogen and oxygen atoms in total. The fraction of sp³-hybridized carbons (Fsp3) is 0.118. The third kappa shape index (κ3) is 5.41. The smallest absolute Gasteiger partial charge is 0.119 e. The lowest BCUT2D eigenvalue weighted by molar-refractivity contribution is 0.282. The second kappa shape index (κ2) is 11.2. The molecule has 0 fully saturated rings. The summed E-state index contributed by atoms with van der Waals surface area (Å²) in [5.41, 5.74) is 9.70. The van der Waals surface area contributed by atoms with E-state index in [9.17, 15) is 5.11 Å². The van der Waals surface area contributed by atoms with Crippen LogP contribution in [0.2, 0.25) is 0 Å². The van der Waals surface area contributed by atoms with Gasteiger partial charge in [0.2, 0.25) is 0 Å². The summed E-state index contributed by atoms with van der Waals surface area (Å²) >= 11 is 0. The molecule has 0 aliphatic carbocycles. The Morgan fingerprint density at radius 3 is 1.08 bits per heavy atom. The van der Waals surface area contributed by atoms with Gasteiger partial charge >= 0.3 is 0 Å². The predicted octanol–water partition coefficient (Wildman–Crippen LogP) is 8.74. The summed E-state index contributed by atoms with van der Waals surface area (Å²) < 4.78 is 5.38. The van der Waals surface area contributed by atoms with Gasteiger partial charge in [0, 0.05) is 34.1 Å². The normalized spacial score (nSPS) is 10.7. The Morgan fingerprint density at radius 2 is 0.763 bits per heavy atom. The van der Waals surface area contributed by atoms with Crippen LogP contribution in [0.15, 0.2) is 121 Å². The molecule has 38 heavy (non-hydrogen) atoms. The first-order valence-electron chi connectivity index (χ1n) is 12.7. The van der Waals surface area contributed by atoms with Crippen LogP contribution in [-0.4, -0.2) is 12.2 Å². The average molecular weight is 501 g/mol. The second-order valence-electron chi connectivity index (χ2n) is 9.38. The van der Waals surface area contributed by atoms with E-state index < -0.39 is 0 Å². The number of nitrogens with zero attached hydrogens (tertiary/aromatic N) is 2. The van der Waals surface area contributed by atoms with Gasteiger partial charge in [-0.15, -0.1) is 0 Å². The van der Waals surface area contributed by atoms with Gasteiger partial charge in [0.1, 0.15) is 5.75 Å². The third-order valence-corrected chi connectivity index (χ3v) is 6.66. The Hall–Kier alpha value is -4.54. The summed E-state index contributed by atoms with van der Waals surface area (Å²) in [7, 11) is 1.67. The van der Waals surface area contributed by atoms with Gasteiger partial charge < -0.3 is 19.6 Å². The first-order valence-corrected chi connectivity index (χ1v) is 12.7. The molecule has 0 radical (unpaired) electrons. The summed E-state index contributed by atoms with van der Waals surface area (Å²) in [5.74, 6) is 0.812. The van der Waals surface area contributed by atoms with Gasteiger partial charge in [-0.25, -0.2) is 0 Å². The van der Waals surface area contributed by atoms with Crippen molar-refractivity contribution in [3.8, 4) is 5.75 Å². The Balaban J connectivity index is 1.56. The molecular weight excluding hydrogens is 468 g/mol. The zero-order chi connectivity index (χ0) is 26.5. The number of rotatable bonds is 8. The van der Waals surface area contributed by atoms with E-state index in [1.54, 1.807) is 7.11 Å². The highest BCUT2D eigenvalue weighted by atomic mass is 16.5. The minimum atomic E-state index is 0.0192. The number of aliphatic hydroxyl groups excluding tert-OH is 1. The molecule has 1 N–H and O–H groups in total. The molecule has 0 bridgehead atoms. The number of ether oxygens (including phenoxy) is 1. The highest BCUT2D eigenvalue weighted by Crippen LogP contribution is 2.39. The van der Waals surface area contributed by atoms with Crippen molar-refractivity contribution in [3.63, 3.8) is 0 Å². The molecule has 0 unspecified atom stereocenters. The van der Waals surface area contributed by atoms with E-state index in [4.69, 9.17) is 4.74 Å². The van der Waals surface area contributed by atoms with Crippen molar-refractivity contribution >= 4 is 34.1 Å². The first kappa shape index (κ1) is 25.1. The van der Waals surface area contributed by atoms with Gasteiger partial charge in [0.05, 0.1) is 13.7 Å². The van der Waals surface area contributed by atoms with E-state index in [1.165, 1.54) is 11.1 Å². The van der Waals surface area contributed by atoms with E-state index in [-0.39, 0.29) is 6.61 Å². The SMILES string of the molecule is COc1ccc(N(c2ccc(CO)cc2)c2ccc(N(c3ccc(C)cc3)c3ccc(C)cc3)cc2)cc1. The summed E-state index contributed by atoms with van der Waals surface area (Å²) in [6, 6.07) is 41.9. The third-order valence-electron chi connectivity index (χ3n) is 6.66. The van der Waals surface area contributed by atoms with Crippen molar-refractivity contribution in [2.45, 2.75) is 20.5 Å². The Morgan fingerprint density at radius 1 is 0.474 bits per heavy atom. The van der Waals surface area contributed by atoms with Crippen molar-refractivity contribution in [2.24, 2.45) is 0 Å². The number of methoxy groups -OCH3 is 1. The van der Waals surface area contributed by atoms with Crippen LogP contribution in [0.3, 0.4) is 0 Å². The van der Waals surface area contributed by atoms with Gasteiger partial charge in [-0.3, -0.25) is 0 Å². The number of hydrogen-bond donors (Lipinski definition) is 1. The van der Waals surface area contributed by atoms with E-state index in [1.807, 2.05) is 36.4 Å². The second-order valence-corrected chi connectivity index (χ2v) is 9.38. The van der Waals surface area contributed by atoms with E-state index in [0.29, 0.717) is 0 Å². The first-order chi connectivity index (χ1) is 18.6. The van der Waals surface area contributed by atoms with Crippen molar-refractivity contribution < 1.29 is 9.84 Å². The standard InChI is InChI=1S/C34H32N2O2/c1-25-4-10-28(11-5-25)35(29-12-6-26(2)7-13-29)31-16-18-32(19-17-31)36(30-14-8-27(24-37)9-15-30)33-20-22-34(38-3)23-21-33/h4-23,37H,24H2,1-3H3. The van der Waals surface area contributed by atoms with Crippen LogP contribution >= 0.6 is 0 Å². The minimum absolute atomic E-state index is 0.0192. The number of anilines is 6. The molecule has 0 atom stereocenters. The topological polar surface area (TPSA) is 35.9 Å². The molecule has 0 saturated carbocycles. The fourth-order valence-electron chi connectivity index (χ4n) is 4.51. The van der Waals surface area contributed by atoms with E-state index in [2.05, 4.69) is 109 Å². The van der Waals surface area contributed by atoms with Crippen LogP contribution in [0.4, 0.5) is 34.1 Å². The maximum atomic E-state index is 9.53. The maximum absolute atomic E-state index is 9.53. The number of hydrogen-bond acceptors (Lipinski definition) is 4. The van der Waals surface area contributed by atoms with Crippen molar-refractivity contribution in [1.82, 2.24) is 0 Å². The lowest BCUT2D eigenvalue weighted by Gasteiger charge is -2.28. The van der Waals surface area contributed by atoms with Crippen LogP contribution in [0.5, 0.6) is 5.75 Å². The highest BCUT2D eigenvalue weighted by molar-refractivity contribution is 5.81. The molecule has 0 heterocycles. The van der Waals surface area contributed by atoms with Gasteiger partial charge in [0.15, 0.2) is 0 Å². The lowest BCUT2D eigenvalue weighted by Crippen LogP contribution is -2.12. The summed E-state index contributed by atoms with van der Waals surface area (Å²) in [4.78, 5) is 4.48. The van der Waals surface area contributed by atoms with Crippen LogP contribution in [-0.2, 0) is 6.61 Å². The molecule has 0 aliphatic heterocycles. The summed E-state index contributed by atoms with van der Waals surface area (Å²) in [6.07, 6.45) is 0. The van der Waals surface area contributed by atoms with Gasteiger partial charge in [-0.2, -0.15) is 0 Å². The van der Waals surface area contributed by atoms with Crippen LogP contribution < -0.4 is 14.5 Å². The molecule has 0 spiro atoms. The molecule has 0 saturated heterocycles. The van der Waals surface area contributed by atoms with Gasteiger partial charge in [-0.05, 0) is 104 Å². The molecule has 5 rings (SSSR count). The lowest BCUT2D eigenvalue weighted by atomic mass is 10.1. The van der Waals surface area contributed by atoms with Crippen LogP contribution in [0.25, 0.3) is 0 Å². The molecule has 4 heteroatoms. The van der Waals surface area contributed by atoms with Gasteiger partial charge in [-0.1, -0.05) is 47.5 Å². The van der Waals surface area contributed by atoms with Crippen molar-refractivity contribution in [1.29, 1.82) is 0 Å². The quantitative estimate of drug-likeness (QED) is 0.231. The zero-order valence-electron chi connectivity index (χ0n) is 22.0. The molecule has 0 aromatic heterocycles. The largest absolute Gasteiger partial charge is 0.497 e. The molecule has 0 aliphatic rings. The molecule has 5 aromatic carbocycles. The minimum Gasteiger partial charge on any atom is -0.497 e. The van der Waals surface area contributed by atoms with Crippen LogP contribution in [0.1, 0.15) is 16.7 Å². The van der Waals surface area contributed by atoms with Crippen LogP contribution in [0, 0.1) is 13.8 Å². The highest BCUT2D eigenvalue weighted by Gasteiger charge is 2.16. The molecular formula is C34H32N2O2. The molecule has 0 amide bonds. The maximum Gasteiger partial charge on any atom is 0.119 e. The van der Waals surface area contributed by atoms with Crippen molar-refractivity contribution in [2.75, 3.05) is 16.9 Å². The number of aryl methyl sites for hydroxylation is 2. The average Bonchev–Trinajstić information content (AvgIpc) is 2.97. The van der Waals surface area contributed by atoms with Crippen molar-refractivity contribution in [3.05, 3.63) is 138 Å². The number of aliphatic hydroxyl groups is 1. The summed E-state index contributed by atoms with van der Waals surface area (Å²) in [6.45, 7) is 4.23. The Labute approximate surface area is 225 Å². The van der Waals surface area contributed by atoms with E-state index in [0.717, 1.165) is 45.4 Å². The Bertz CT molecular complexity index is 1370. The number of benzene rings is 5. The Kier molecular flexibility index (Phi) is 7.43. The molecule has 5 aromatic rings. The fourth-order valence-corrected chi connectivity index (χ4v) is 4.51. The monoisotopic (exact) mass is 500 g/mol. The molecule has 190 valence electrons. The zero-order valence-corrected chi connectivity index (χ0v) is 22.0.